The number of carbonyl (C=O) groups is 1. The number of amides is 2. The summed E-state index contributed by atoms with van der Waals surface area (Å²) in [5.74, 6) is 1.59. The minimum atomic E-state index is -0.186. The van der Waals surface area contributed by atoms with Gasteiger partial charge in [-0.25, -0.2) is 4.79 Å². The molecule has 1 aliphatic rings. The fourth-order valence-electron chi connectivity index (χ4n) is 4.55. The Labute approximate surface area is 213 Å². The first-order chi connectivity index (χ1) is 17.1. The van der Waals surface area contributed by atoms with Crippen molar-refractivity contribution in [3.05, 3.63) is 95.1 Å². The van der Waals surface area contributed by atoms with E-state index in [1.807, 2.05) is 36.4 Å². The number of benzene rings is 3. The number of fused-ring (bicyclic) bond motifs is 1. The molecule has 4 rings (SSSR count). The van der Waals surface area contributed by atoms with Crippen LogP contribution in [0.5, 0.6) is 11.5 Å². The summed E-state index contributed by atoms with van der Waals surface area (Å²) >= 11 is 4.47. The molecule has 0 aliphatic carbocycles. The van der Waals surface area contributed by atoms with E-state index < -0.39 is 0 Å². The molecule has 1 aliphatic heterocycles. The van der Waals surface area contributed by atoms with E-state index in [0.717, 1.165) is 37.6 Å². The van der Waals surface area contributed by atoms with Crippen molar-refractivity contribution in [3.63, 3.8) is 0 Å². The van der Waals surface area contributed by atoms with Gasteiger partial charge in [0.15, 0.2) is 11.5 Å². The van der Waals surface area contributed by atoms with Crippen LogP contribution in [-0.4, -0.2) is 55.6 Å². The first-order valence-electron chi connectivity index (χ1n) is 11.9. The van der Waals surface area contributed by atoms with Gasteiger partial charge in [0.1, 0.15) is 0 Å². The predicted octanol–water partition coefficient (Wildman–Crippen LogP) is 4.75. The van der Waals surface area contributed by atoms with Gasteiger partial charge in [0.25, 0.3) is 0 Å². The number of thiol groups is 1. The molecule has 35 heavy (non-hydrogen) atoms. The van der Waals surface area contributed by atoms with E-state index in [9.17, 15) is 4.79 Å². The molecule has 0 bridgehead atoms. The van der Waals surface area contributed by atoms with E-state index in [1.165, 1.54) is 26.6 Å². The second-order valence-corrected chi connectivity index (χ2v) is 9.17. The number of hydrogen-bond donors (Lipinski definition) is 2. The highest BCUT2D eigenvalue weighted by atomic mass is 32.1. The van der Waals surface area contributed by atoms with Gasteiger partial charge in [-0.2, -0.15) is 0 Å². The maximum Gasteiger partial charge on any atom is 0.327 e. The molecule has 6 nitrogen and oxygen atoms in total. The Morgan fingerprint density at radius 3 is 2.11 bits per heavy atom. The van der Waals surface area contributed by atoms with Gasteiger partial charge in [-0.3, -0.25) is 9.21 Å². The molecule has 0 aromatic heterocycles. The molecule has 0 saturated heterocycles. The summed E-state index contributed by atoms with van der Waals surface area (Å²) in [6.07, 6.45) is 0.935. The van der Waals surface area contributed by atoms with Gasteiger partial charge in [-0.05, 0) is 40.8 Å². The maximum absolute atomic E-state index is 12.8. The van der Waals surface area contributed by atoms with Crippen LogP contribution in [0.1, 0.15) is 28.2 Å². The maximum atomic E-state index is 12.8. The Balaban J connectivity index is 1.32. The van der Waals surface area contributed by atoms with Crippen LogP contribution in [0.25, 0.3) is 0 Å². The zero-order valence-corrected chi connectivity index (χ0v) is 21.2. The lowest BCUT2D eigenvalue weighted by Gasteiger charge is -2.30. The van der Waals surface area contributed by atoms with Crippen LogP contribution in [0, 0.1) is 0 Å². The van der Waals surface area contributed by atoms with Crippen LogP contribution in [0.15, 0.2) is 72.8 Å². The highest BCUT2D eigenvalue weighted by molar-refractivity contribution is 7.78. The number of urea groups is 1. The summed E-state index contributed by atoms with van der Waals surface area (Å²) in [6.45, 7) is 3.51. The quantitative estimate of drug-likeness (QED) is 0.424. The van der Waals surface area contributed by atoms with Crippen molar-refractivity contribution in [2.45, 2.75) is 18.9 Å². The largest absolute Gasteiger partial charge is 0.493 e. The minimum Gasteiger partial charge on any atom is -0.493 e. The fourth-order valence-corrected chi connectivity index (χ4v) is 4.71. The van der Waals surface area contributed by atoms with Gasteiger partial charge < -0.3 is 14.8 Å². The molecule has 0 saturated carbocycles. The number of methoxy groups -OCH3 is 2. The van der Waals surface area contributed by atoms with E-state index in [0.29, 0.717) is 13.1 Å². The topological polar surface area (TPSA) is 54.0 Å². The van der Waals surface area contributed by atoms with E-state index in [4.69, 9.17) is 9.47 Å². The van der Waals surface area contributed by atoms with Crippen LogP contribution in [-0.2, 0) is 13.0 Å². The number of hydrogen-bond acceptors (Lipinski definition) is 5. The number of ether oxygens (including phenoxy) is 2. The Morgan fingerprint density at radius 1 is 0.971 bits per heavy atom. The summed E-state index contributed by atoms with van der Waals surface area (Å²) in [5, 5.41) is 3.07. The van der Waals surface area contributed by atoms with Crippen LogP contribution < -0.4 is 14.8 Å². The molecule has 184 valence electrons. The summed E-state index contributed by atoms with van der Waals surface area (Å²) in [7, 11) is 3.32. The summed E-state index contributed by atoms with van der Waals surface area (Å²) in [4.78, 5) is 15.2. The fraction of sp³-hybridized carbons (Fsp3) is 0.321. The molecule has 1 N–H and O–H groups in total. The predicted molar refractivity (Wildman–Crippen MR) is 142 cm³/mol. The third kappa shape index (κ3) is 6.29. The molecule has 7 heteroatoms. The van der Waals surface area contributed by atoms with Crippen molar-refractivity contribution in [2.24, 2.45) is 0 Å². The second kappa shape index (κ2) is 12.0. The molecular formula is C28H33N3O3S. The first-order valence-corrected chi connectivity index (χ1v) is 12.3. The van der Waals surface area contributed by atoms with Gasteiger partial charge in [0.2, 0.25) is 0 Å². The van der Waals surface area contributed by atoms with Crippen LogP contribution in [0.4, 0.5) is 4.79 Å². The van der Waals surface area contributed by atoms with Crippen molar-refractivity contribution < 1.29 is 14.3 Å². The Morgan fingerprint density at radius 2 is 1.54 bits per heavy atom. The van der Waals surface area contributed by atoms with Crippen molar-refractivity contribution in [2.75, 3.05) is 40.4 Å². The normalized spacial score (nSPS) is 13.3. The molecule has 3 aromatic rings. The lowest BCUT2D eigenvalue weighted by atomic mass is 9.91. The zero-order chi connectivity index (χ0) is 24.6. The van der Waals surface area contributed by atoms with E-state index >= 15 is 0 Å². The Kier molecular flexibility index (Phi) is 8.55. The molecule has 1 heterocycles. The molecule has 2 amide bonds. The van der Waals surface area contributed by atoms with Crippen molar-refractivity contribution in [1.29, 1.82) is 0 Å². The summed E-state index contributed by atoms with van der Waals surface area (Å²) < 4.78 is 12.4. The average molecular weight is 492 g/mol. The number of nitrogens with one attached hydrogen (secondary N) is 1. The van der Waals surface area contributed by atoms with Gasteiger partial charge >= 0.3 is 6.03 Å². The molecule has 0 unspecified atom stereocenters. The zero-order valence-electron chi connectivity index (χ0n) is 20.3. The SMILES string of the molecule is COc1cc2c(cc1OC)CN(CCN(S)C(=O)NCC(c1ccccc1)c1ccccc1)CC2. The third-order valence-corrected chi connectivity index (χ3v) is 6.90. The van der Waals surface area contributed by atoms with Crippen LogP contribution in [0.2, 0.25) is 0 Å². The molecular weight excluding hydrogens is 458 g/mol. The van der Waals surface area contributed by atoms with E-state index in [-0.39, 0.29) is 11.9 Å². The third-order valence-electron chi connectivity index (χ3n) is 6.52. The number of carbonyl (C=O) groups excluding carboxylic acids is 1. The standard InChI is InChI=1S/C28H33N3O3S/c1-33-26-17-23-13-14-30(20-24(23)18-27(26)34-2)15-16-31(35)28(32)29-19-25(21-9-5-3-6-10-21)22-11-7-4-8-12-22/h3-12,17-18,25,35H,13-16,19-20H2,1-2H3,(H,29,32). The highest BCUT2D eigenvalue weighted by Crippen LogP contribution is 2.33. The highest BCUT2D eigenvalue weighted by Gasteiger charge is 2.21. The van der Waals surface area contributed by atoms with E-state index in [1.54, 1.807) is 14.2 Å². The molecule has 0 radical (unpaired) electrons. The Bertz CT molecular complexity index is 1070. The Hall–Kier alpha value is -3.16. The van der Waals surface area contributed by atoms with Crippen molar-refractivity contribution >= 4 is 18.8 Å². The monoisotopic (exact) mass is 491 g/mol. The summed E-state index contributed by atoms with van der Waals surface area (Å²) in [5.41, 5.74) is 4.86. The van der Waals surface area contributed by atoms with Crippen LogP contribution in [0.3, 0.4) is 0 Å². The lowest BCUT2D eigenvalue weighted by molar-refractivity contribution is 0.210. The summed E-state index contributed by atoms with van der Waals surface area (Å²) in [6, 6.07) is 24.5. The molecule has 0 fully saturated rings. The number of nitrogens with zero attached hydrogens (tertiary/aromatic N) is 2. The number of rotatable bonds is 9. The van der Waals surface area contributed by atoms with Gasteiger partial charge in [0, 0.05) is 38.6 Å². The molecule has 3 aromatic carbocycles. The van der Waals surface area contributed by atoms with Crippen molar-refractivity contribution in [3.8, 4) is 11.5 Å². The lowest BCUT2D eigenvalue weighted by Crippen LogP contribution is -2.41. The van der Waals surface area contributed by atoms with Crippen molar-refractivity contribution in [1.82, 2.24) is 14.5 Å². The smallest absolute Gasteiger partial charge is 0.327 e. The average Bonchev–Trinajstić information content (AvgIpc) is 2.91. The van der Waals surface area contributed by atoms with Gasteiger partial charge in [-0.1, -0.05) is 73.5 Å². The van der Waals surface area contributed by atoms with Crippen LogP contribution >= 0.6 is 12.8 Å². The van der Waals surface area contributed by atoms with Gasteiger partial charge in [-0.15, -0.1) is 0 Å². The van der Waals surface area contributed by atoms with E-state index in [2.05, 4.69) is 59.4 Å². The molecule has 0 spiro atoms. The molecule has 0 atom stereocenters. The first kappa shape index (κ1) is 24.9. The minimum absolute atomic E-state index is 0.0775. The second-order valence-electron chi connectivity index (χ2n) is 8.69. The van der Waals surface area contributed by atoms with Gasteiger partial charge in [0.05, 0.1) is 14.2 Å².